The van der Waals surface area contributed by atoms with E-state index in [4.69, 9.17) is 10.5 Å². The predicted molar refractivity (Wildman–Crippen MR) is 82.8 cm³/mol. The van der Waals surface area contributed by atoms with Gasteiger partial charge in [-0.1, -0.05) is 6.92 Å². The van der Waals surface area contributed by atoms with Gasteiger partial charge in [-0.05, 0) is 43.5 Å². The van der Waals surface area contributed by atoms with Crippen LogP contribution in [-0.4, -0.2) is 30.4 Å². The Labute approximate surface area is 124 Å². The highest BCUT2D eigenvalue weighted by atomic mass is 32.2. The molecule has 0 aromatic heterocycles. The molecule has 110 valence electrons. The molecule has 3 N–H and O–H groups in total. The lowest BCUT2D eigenvalue weighted by atomic mass is 10.2. The van der Waals surface area contributed by atoms with Crippen molar-refractivity contribution in [3.63, 3.8) is 0 Å². The summed E-state index contributed by atoms with van der Waals surface area (Å²) in [6.45, 7) is 3.47. The average Bonchev–Trinajstić information content (AvgIpc) is 2.97. The van der Waals surface area contributed by atoms with Gasteiger partial charge in [0.2, 0.25) is 5.91 Å². The third kappa shape index (κ3) is 4.42. The molecule has 0 bridgehead atoms. The smallest absolute Gasteiger partial charge is 0.233 e. The molecule has 2 atom stereocenters. The quantitative estimate of drug-likeness (QED) is 0.625. The number of anilines is 1. The van der Waals surface area contributed by atoms with Crippen LogP contribution in [0.4, 0.5) is 5.69 Å². The molecule has 1 aromatic carbocycles. The van der Waals surface area contributed by atoms with E-state index in [1.54, 1.807) is 11.8 Å². The number of carbonyl (C=O) groups excluding carboxylic acids is 1. The van der Waals surface area contributed by atoms with Crippen LogP contribution in [0.2, 0.25) is 0 Å². The van der Waals surface area contributed by atoms with Gasteiger partial charge < -0.3 is 15.8 Å². The van der Waals surface area contributed by atoms with Gasteiger partial charge in [0.15, 0.2) is 0 Å². The van der Waals surface area contributed by atoms with E-state index in [0.29, 0.717) is 6.54 Å². The highest BCUT2D eigenvalue weighted by Gasteiger charge is 2.21. The molecular formula is C15H22N2O2S. The van der Waals surface area contributed by atoms with E-state index in [9.17, 15) is 4.79 Å². The van der Waals surface area contributed by atoms with Crippen molar-refractivity contribution in [2.75, 3.05) is 18.9 Å². The van der Waals surface area contributed by atoms with Crippen molar-refractivity contribution >= 4 is 23.4 Å². The summed E-state index contributed by atoms with van der Waals surface area (Å²) >= 11 is 1.58. The third-order valence-corrected chi connectivity index (χ3v) is 4.73. The maximum absolute atomic E-state index is 12.2. The molecular weight excluding hydrogens is 272 g/mol. The van der Waals surface area contributed by atoms with Crippen LogP contribution in [-0.2, 0) is 9.53 Å². The zero-order chi connectivity index (χ0) is 14.4. The Bertz CT molecular complexity index is 430. The van der Waals surface area contributed by atoms with Crippen LogP contribution in [0.5, 0.6) is 0 Å². The molecule has 0 aliphatic carbocycles. The van der Waals surface area contributed by atoms with Crippen LogP contribution in [0.25, 0.3) is 0 Å². The Kier molecular flexibility index (Phi) is 5.73. The number of nitrogens with one attached hydrogen (secondary N) is 1. The SMILES string of the molecule is CCC(Sc1ccc(N)cc1)C(=O)NCC1CCCO1. The number of hydrogen-bond acceptors (Lipinski definition) is 4. The first kappa shape index (κ1) is 15.2. The van der Waals surface area contributed by atoms with Gasteiger partial charge in [-0.2, -0.15) is 0 Å². The Morgan fingerprint density at radius 3 is 2.85 bits per heavy atom. The molecule has 1 amide bonds. The number of hydrogen-bond donors (Lipinski definition) is 2. The molecule has 5 heteroatoms. The molecule has 20 heavy (non-hydrogen) atoms. The third-order valence-electron chi connectivity index (χ3n) is 3.35. The lowest BCUT2D eigenvalue weighted by molar-refractivity contribution is -0.121. The molecule has 1 saturated heterocycles. The highest BCUT2D eigenvalue weighted by molar-refractivity contribution is 8.00. The number of nitrogens with two attached hydrogens (primary N) is 1. The number of carbonyl (C=O) groups is 1. The van der Waals surface area contributed by atoms with Gasteiger partial charge in [0.25, 0.3) is 0 Å². The molecule has 0 saturated carbocycles. The van der Waals surface area contributed by atoms with Crippen molar-refractivity contribution in [1.82, 2.24) is 5.32 Å². The van der Waals surface area contributed by atoms with Gasteiger partial charge in [0.05, 0.1) is 11.4 Å². The van der Waals surface area contributed by atoms with Gasteiger partial charge in [0.1, 0.15) is 0 Å². The molecule has 4 nitrogen and oxygen atoms in total. The summed E-state index contributed by atoms with van der Waals surface area (Å²) in [7, 11) is 0. The molecule has 1 aromatic rings. The standard InChI is InChI=1S/C15H22N2O2S/c1-2-14(20-13-7-5-11(16)6-8-13)15(18)17-10-12-4-3-9-19-12/h5-8,12,14H,2-4,9-10,16H2,1H3,(H,17,18). The Balaban J connectivity index is 1.83. The van der Waals surface area contributed by atoms with Gasteiger partial charge in [-0.15, -0.1) is 11.8 Å². The molecule has 1 fully saturated rings. The second kappa shape index (κ2) is 7.55. The van der Waals surface area contributed by atoms with Gasteiger partial charge in [-0.25, -0.2) is 0 Å². The van der Waals surface area contributed by atoms with Crippen LogP contribution in [0.3, 0.4) is 0 Å². The fraction of sp³-hybridized carbons (Fsp3) is 0.533. The van der Waals surface area contributed by atoms with E-state index in [-0.39, 0.29) is 17.3 Å². The summed E-state index contributed by atoms with van der Waals surface area (Å²) in [4.78, 5) is 13.3. The van der Waals surface area contributed by atoms with E-state index < -0.39 is 0 Å². The number of benzene rings is 1. The van der Waals surface area contributed by atoms with Crippen molar-refractivity contribution in [3.05, 3.63) is 24.3 Å². The maximum Gasteiger partial charge on any atom is 0.233 e. The molecule has 0 spiro atoms. The topological polar surface area (TPSA) is 64.4 Å². The predicted octanol–water partition coefficient (Wildman–Crippen LogP) is 2.43. The van der Waals surface area contributed by atoms with Crippen molar-refractivity contribution in [2.45, 2.75) is 42.4 Å². The summed E-state index contributed by atoms with van der Waals surface area (Å²) in [5.41, 5.74) is 6.41. The van der Waals surface area contributed by atoms with Crippen LogP contribution in [0.1, 0.15) is 26.2 Å². The zero-order valence-electron chi connectivity index (χ0n) is 11.8. The Hall–Kier alpha value is -1.20. The summed E-state index contributed by atoms with van der Waals surface area (Å²) in [6, 6.07) is 7.63. The Morgan fingerprint density at radius 1 is 1.50 bits per heavy atom. The summed E-state index contributed by atoms with van der Waals surface area (Å²) in [6.07, 6.45) is 3.13. The monoisotopic (exact) mass is 294 g/mol. The van der Waals surface area contributed by atoms with Crippen LogP contribution in [0, 0.1) is 0 Å². The summed E-state index contributed by atoms with van der Waals surface area (Å²) in [5, 5.41) is 2.93. The largest absolute Gasteiger partial charge is 0.399 e. The lowest BCUT2D eigenvalue weighted by Gasteiger charge is -2.16. The van der Waals surface area contributed by atoms with Crippen molar-refractivity contribution in [3.8, 4) is 0 Å². The second-order valence-electron chi connectivity index (χ2n) is 4.96. The van der Waals surface area contributed by atoms with E-state index in [1.807, 2.05) is 31.2 Å². The fourth-order valence-electron chi connectivity index (χ4n) is 2.17. The maximum atomic E-state index is 12.2. The molecule has 2 unspecified atom stereocenters. The van der Waals surface area contributed by atoms with Crippen molar-refractivity contribution < 1.29 is 9.53 Å². The van der Waals surface area contributed by atoms with E-state index in [1.165, 1.54) is 0 Å². The highest BCUT2D eigenvalue weighted by Crippen LogP contribution is 2.26. The fourth-order valence-corrected chi connectivity index (χ4v) is 3.15. The normalized spacial score (nSPS) is 19.8. The number of nitrogen functional groups attached to an aromatic ring is 1. The first-order chi connectivity index (χ1) is 9.69. The average molecular weight is 294 g/mol. The van der Waals surface area contributed by atoms with Crippen LogP contribution < -0.4 is 11.1 Å². The molecule has 1 aliphatic heterocycles. The summed E-state index contributed by atoms with van der Waals surface area (Å²) < 4.78 is 5.51. The number of thioether (sulfide) groups is 1. The van der Waals surface area contributed by atoms with E-state index in [2.05, 4.69) is 5.32 Å². The number of ether oxygens (including phenoxy) is 1. The Morgan fingerprint density at radius 2 is 2.25 bits per heavy atom. The van der Waals surface area contributed by atoms with E-state index in [0.717, 1.165) is 36.5 Å². The molecule has 1 heterocycles. The van der Waals surface area contributed by atoms with Gasteiger partial charge in [-0.3, -0.25) is 4.79 Å². The van der Waals surface area contributed by atoms with Crippen molar-refractivity contribution in [2.24, 2.45) is 0 Å². The van der Waals surface area contributed by atoms with Crippen molar-refractivity contribution in [1.29, 1.82) is 0 Å². The number of amides is 1. The minimum absolute atomic E-state index is 0.0694. The van der Waals surface area contributed by atoms with Gasteiger partial charge >= 0.3 is 0 Å². The first-order valence-electron chi connectivity index (χ1n) is 7.10. The lowest BCUT2D eigenvalue weighted by Crippen LogP contribution is -2.37. The van der Waals surface area contributed by atoms with Gasteiger partial charge in [0, 0.05) is 23.7 Å². The molecule has 1 aliphatic rings. The molecule has 0 radical (unpaired) electrons. The van der Waals surface area contributed by atoms with Crippen LogP contribution >= 0.6 is 11.8 Å². The van der Waals surface area contributed by atoms with E-state index >= 15 is 0 Å². The molecule has 2 rings (SSSR count). The first-order valence-corrected chi connectivity index (χ1v) is 7.98. The number of rotatable bonds is 6. The van der Waals surface area contributed by atoms with Crippen LogP contribution in [0.15, 0.2) is 29.2 Å². The minimum atomic E-state index is -0.0694. The second-order valence-corrected chi connectivity index (χ2v) is 6.24. The summed E-state index contributed by atoms with van der Waals surface area (Å²) in [5.74, 6) is 0.0878. The minimum Gasteiger partial charge on any atom is -0.399 e. The zero-order valence-corrected chi connectivity index (χ0v) is 12.6.